The number of aromatic nitrogens is 3. The molecule has 67 heavy (non-hydrogen) atoms. The monoisotopic (exact) mass is 857 g/mol. The van der Waals surface area contributed by atoms with Gasteiger partial charge in [0.1, 0.15) is 0 Å². The number of benzene rings is 9. The van der Waals surface area contributed by atoms with Gasteiger partial charge in [0.05, 0.1) is 11.4 Å². The first-order chi connectivity index (χ1) is 33.1. The topological polar surface area (TPSA) is 74.6 Å². The summed E-state index contributed by atoms with van der Waals surface area (Å²) in [5.74, 6) is 1.81. The van der Waals surface area contributed by atoms with Crippen molar-refractivity contribution in [2.45, 2.75) is 0 Å². The smallest absolute Gasteiger partial charge is 0.164 e. The molecule has 0 unspecified atom stereocenters. The lowest BCUT2D eigenvalue weighted by molar-refractivity contribution is 1.07. The molecule has 0 amide bonds. The molecule has 0 aliphatic carbocycles. The molecule has 2 heterocycles. The molecule has 0 saturated carbocycles. The zero-order chi connectivity index (χ0) is 44.9. The molecule has 0 spiro atoms. The van der Waals surface area contributed by atoms with Crippen LogP contribution in [-0.4, -0.2) is 20.7 Å². The number of nitrogens with one attached hydrogen (secondary N) is 2. The quantitative estimate of drug-likeness (QED) is 0.134. The molecule has 1 aliphatic rings. The highest BCUT2D eigenvalue weighted by Crippen LogP contribution is 2.39. The molecule has 5 nitrogen and oxygen atoms in total. The minimum absolute atomic E-state index is 0.451. The zero-order valence-electron chi connectivity index (χ0n) is 36.5. The Balaban J connectivity index is 1.00. The fourth-order valence-electron chi connectivity index (χ4n) is 8.73. The van der Waals surface area contributed by atoms with E-state index in [1.54, 1.807) is 0 Å². The summed E-state index contributed by atoms with van der Waals surface area (Å²) in [5, 5.41) is 13.4. The van der Waals surface area contributed by atoms with E-state index >= 15 is 0 Å². The lowest BCUT2D eigenvalue weighted by atomic mass is 9.87. The normalized spacial score (nSPS) is 12.6. The van der Waals surface area contributed by atoms with Gasteiger partial charge in [-0.15, -0.1) is 0 Å². The molecule has 2 N–H and O–H groups in total. The molecule has 10 aromatic rings. The summed E-state index contributed by atoms with van der Waals surface area (Å²) >= 11 is 0. The minimum Gasteiger partial charge on any atom is -0.354 e. The van der Waals surface area contributed by atoms with Gasteiger partial charge in [-0.1, -0.05) is 224 Å². The van der Waals surface area contributed by atoms with Crippen molar-refractivity contribution in [3.8, 4) is 67.5 Å². The van der Waals surface area contributed by atoms with Gasteiger partial charge in [0.15, 0.2) is 17.5 Å². The third-order valence-electron chi connectivity index (χ3n) is 12.2. The molecule has 11 rings (SSSR count). The van der Waals surface area contributed by atoms with Crippen LogP contribution in [0.25, 0.3) is 90.6 Å². The molecule has 1 aromatic heterocycles. The number of allylic oxidation sites excluding steroid dienone is 1. The summed E-state index contributed by atoms with van der Waals surface area (Å²) < 4.78 is 0. The van der Waals surface area contributed by atoms with Gasteiger partial charge >= 0.3 is 0 Å². The van der Waals surface area contributed by atoms with Gasteiger partial charge in [0.25, 0.3) is 0 Å². The van der Waals surface area contributed by atoms with Crippen LogP contribution < -0.4 is 5.32 Å². The summed E-state index contributed by atoms with van der Waals surface area (Å²) in [6.45, 7) is 0. The van der Waals surface area contributed by atoms with Crippen molar-refractivity contribution in [2.75, 3.05) is 0 Å². The maximum Gasteiger partial charge on any atom is 0.164 e. The molecular formula is C62H43N5. The Morgan fingerprint density at radius 2 is 0.716 bits per heavy atom. The van der Waals surface area contributed by atoms with E-state index in [9.17, 15) is 5.41 Å². The van der Waals surface area contributed by atoms with Crippen molar-refractivity contribution >= 4 is 28.8 Å². The molecule has 0 atom stereocenters. The van der Waals surface area contributed by atoms with Crippen molar-refractivity contribution in [1.29, 1.82) is 5.41 Å². The van der Waals surface area contributed by atoms with E-state index in [0.717, 1.165) is 94.9 Å². The Morgan fingerprint density at radius 1 is 0.328 bits per heavy atom. The third-order valence-corrected chi connectivity index (χ3v) is 12.2. The Labute approximate surface area is 390 Å². The van der Waals surface area contributed by atoms with Crippen molar-refractivity contribution in [1.82, 2.24) is 20.3 Å². The van der Waals surface area contributed by atoms with Gasteiger partial charge < -0.3 is 5.32 Å². The van der Waals surface area contributed by atoms with Crippen molar-refractivity contribution < 1.29 is 0 Å². The van der Waals surface area contributed by atoms with E-state index in [1.165, 1.54) is 0 Å². The first-order valence-corrected chi connectivity index (χ1v) is 22.4. The highest BCUT2D eigenvalue weighted by Gasteiger charge is 2.24. The Hall–Kier alpha value is -9.06. The zero-order valence-corrected chi connectivity index (χ0v) is 36.5. The van der Waals surface area contributed by atoms with Crippen LogP contribution in [-0.2, 0) is 0 Å². The second kappa shape index (κ2) is 18.2. The van der Waals surface area contributed by atoms with Crippen LogP contribution in [0.3, 0.4) is 0 Å². The maximum atomic E-state index is 9.62. The highest BCUT2D eigenvalue weighted by molar-refractivity contribution is 6.36. The molecule has 0 fully saturated rings. The average molecular weight is 858 g/mol. The van der Waals surface area contributed by atoms with Gasteiger partial charge in [-0.05, 0) is 74.3 Å². The summed E-state index contributed by atoms with van der Waals surface area (Å²) in [6.07, 6.45) is 2.22. The number of nitrogens with zero attached hydrogens (tertiary/aromatic N) is 3. The second-order valence-electron chi connectivity index (χ2n) is 16.5. The number of hydrogen-bond donors (Lipinski definition) is 2. The van der Waals surface area contributed by atoms with Crippen LogP contribution in [0.2, 0.25) is 0 Å². The number of fused-ring (bicyclic) bond motifs is 1. The van der Waals surface area contributed by atoms with Crippen LogP contribution in [0.15, 0.2) is 243 Å². The molecule has 1 aliphatic heterocycles. The van der Waals surface area contributed by atoms with Gasteiger partial charge in [0, 0.05) is 39.1 Å². The summed E-state index contributed by atoms with van der Waals surface area (Å²) in [4.78, 5) is 15.4. The molecular weight excluding hydrogens is 815 g/mol. The van der Waals surface area contributed by atoms with Crippen LogP contribution >= 0.6 is 0 Å². The first-order valence-electron chi connectivity index (χ1n) is 22.4. The molecule has 0 saturated heterocycles. The Bertz CT molecular complexity index is 3350. The lowest BCUT2D eigenvalue weighted by Crippen LogP contribution is -2.20. The third kappa shape index (κ3) is 8.53. The first kappa shape index (κ1) is 40.7. The summed E-state index contributed by atoms with van der Waals surface area (Å²) in [7, 11) is 0. The maximum absolute atomic E-state index is 9.62. The van der Waals surface area contributed by atoms with Crippen LogP contribution in [0, 0.1) is 5.41 Å². The Morgan fingerprint density at radius 3 is 1.25 bits per heavy atom. The largest absolute Gasteiger partial charge is 0.354 e. The van der Waals surface area contributed by atoms with Crippen molar-refractivity contribution in [3.05, 3.63) is 270 Å². The van der Waals surface area contributed by atoms with Gasteiger partial charge in [-0.25, -0.2) is 15.0 Å². The van der Waals surface area contributed by atoms with E-state index in [0.29, 0.717) is 23.2 Å². The number of hydrogen-bond acceptors (Lipinski definition) is 5. The van der Waals surface area contributed by atoms with E-state index in [-0.39, 0.29) is 0 Å². The summed E-state index contributed by atoms with van der Waals surface area (Å²) in [5.41, 5.74) is 17.4. The second-order valence-corrected chi connectivity index (χ2v) is 16.5. The predicted molar refractivity (Wildman–Crippen MR) is 276 cm³/mol. The lowest BCUT2D eigenvalue weighted by Gasteiger charge is -2.26. The van der Waals surface area contributed by atoms with Crippen molar-refractivity contribution in [3.63, 3.8) is 0 Å². The van der Waals surface area contributed by atoms with E-state index < -0.39 is 0 Å². The summed E-state index contributed by atoms with van der Waals surface area (Å²) in [6, 6.07) is 83.3. The van der Waals surface area contributed by atoms with Gasteiger partial charge in [-0.3, -0.25) is 5.41 Å². The van der Waals surface area contributed by atoms with Crippen LogP contribution in [0.1, 0.15) is 27.8 Å². The van der Waals surface area contributed by atoms with E-state index in [4.69, 9.17) is 15.0 Å². The molecule has 0 bridgehead atoms. The molecule has 0 radical (unpaired) electrons. The fourth-order valence-corrected chi connectivity index (χ4v) is 8.73. The van der Waals surface area contributed by atoms with Crippen molar-refractivity contribution in [2.24, 2.45) is 0 Å². The Kier molecular flexibility index (Phi) is 11.1. The molecule has 9 aromatic carbocycles. The predicted octanol–water partition coefficient (Wildman–Crippen LogP) is 14.9. The average Bonchev–Trinajstić information content (AvgIpc) is 3.42. The minimum atomic E-state index is 0.451. The van der Waals surface area contributed by atoms with Gasteiger partial charge in [-0.2, -0.15) is 0 Å². The number of rotatable bonds is 10. The van der Waals surface area contributed by atoms with Gasteiger partial charge in [0.2, 0.25) is 0 Å². The highest BCUT2D eigenvalue weighted by atomic mass is 15.0. The van der Waals surface area contributed by atoms with Crippen LogP contribution in [0.5, 0.6) is 0 Å². The fraction of sp³-hybridized carbons (Fsp3) is 0. The van der Waals surface area contributed by atoms with Crippen LogP contribution in [0.4, 0.5) is 0 Å². The SMILES string of the molecule is N=C(/C(=C1\NC(c2ccccc2)=Cc2cc(-c3ccc(-c4nc(-c5cccc(-c6ccccc6)c5)nc(-c5cccc(-c6ccccc6)c5)n4)cc3)ccc21)c1ccccc1)c1ccccc1. The van der Waals surface area contributed by atoms with E-state index in [1.807, 2.05) is 66.7 Å². The van der Waals surface area contributed by atoms with E-state index in [2.05, 4.69) is 187 Å². The molecule has 316 valence electrons. The molecule has 5 heteroatoms. The standard InChI is InChI=1S/C62H43N5/c63-58(47-26-14-5-15-27-47)57(46-24-12-4-13-25-46)59-55-37-36-51(40-54(55)41-56(64-59)45-22-10-3-11-23-45)44-32-34-48(35-33-44)60-65-61(52-30-16-28-49(38-52)42-18-6-1-7-19-42)67-62(66-60)53-31-17-29-50(39-53)43-20-8-2-9-21-43/h1-41,63-64H/b59-57-,63-58?.